The summed E-state index contributed by atoms with van der Waals surface area (Å²) >= 11 is 1.95. The van der Waals surface area contributed by atoms with Crippen molar-refractivity contribution in [3.63, 3.8) is 0 Å². The highest BCUT2D eigenvalue weighted by Gasteiger charge is 2.33. The fraction of sp³-hybridized carbons (Fsp3) is 0.909. The lowest BCUT2D eigenvalue weighted by Crippen LogP contribution is -2.46. The summed E-state index contributed by atoms with van der Waals surface area (Å²) in [6.45, 7) is 2.87. The average molecular weight is 230 g/mol. The second-order valence-electron chi connectivity index (χ2n) is 4.31. The number of carbonyl (C=O) groups is 1. The fourth-order valence-corrected chi connectivity index (χ4v) is 3.05. The Morgan fingerprint density at radius 1 is 1.47 bits per heavy atom. The second-order valence-corrected chi connectivity index (χ2v) is 5.59. The first kappa shape index (κ1) is 12.8. The van der Waals surface area contributed by atoms with Gasteiger partial charge in [0.1, 0.15) is 0 Å². The Hall–Kier alpha value is -0.220. The lowest BCUT2D eigenvalue weighted by atomic mass is 10.1. The summed E-state index contributed by atoms with van der Waals surface area (Å²) in [7, 11) is 1.68. The first-order valence-electron chi connectivity index (χ1n) is 5.64. The molecule has 0 saturated heterocycles. The summed E-state index contributed by atoms with van der Waals surface area (Å²) in [5, 5.41) is 6.00. The van der Waals surface area contributed by atoms with Crippen LogP contribution in [0.15, 0.2) is 0 Å². The zero-order valence-corrected chi connectivity index (χ0v) is 10.7. The SMILES string of the molecule is CNC(=O)C(C)NCC1(SC)CCCC1. The van der Waals surface area contributed by atoms with E-state index in [0.29, 0.717) is 4.75 Å². The van der Waals surface area contributed by atoms with Crippen molar-refractivity contribution in [1.82, 2.24) is 10.6 Å². The van der Waals surface area contributed by atoms with Crippen LogP contribution in [0.5, 0.6) is 0 Å². The molecule has 1 atom stereocenters. The van der Waals surface area contributed by atoms with E-state index in [9.17, 15) is 4.79 Å². The third-order valence-corrected chi connectivity index (χ3v) is 4.74. The summed E-state index contributed by atoms with van der Waals surface area (Å²) in [6.07, 6.45) is 7.40. The monoisotopic (exact) mass is 230 g/mol. The van der Waals surface area contributed by atoms with Gasteiger partial charge in [-0.3, -0.25) is 4.79 Å². The van der Waals surface area contributed by atoms with Gasteiger partial charge in [-0.05, 0) is 26.0 Å². The van der Waals surface area contributed by atoms with Gasteiger partial charge in [-0.25, -0.2) is 0 Å². The Bertz CT molecular complexity index is 215. The van der Waals surface area contributed by atoms with Crippen molar-refractivity contribution in [1.29, 1.82) is 0 Å². The van der Waals surface area contributed by atoms with Crippen LogP contribution in [0, 0.1) is 0 Å². The van der Waals surface area contributed by atoms with Crippen LogP contribution in [0.2, 0.25) is 0 Å². The Morgan fingerprint density at radius 2 is 2.07 bits per heavy atom. The summed E-state index contributed by atoms with van der Waals surface area (Å²) in [5.74, 6) is 0.0734. The molecular formula is C11H22N2OS. The molecule has 88 valence electrons. The predicted molar refractivity (Wildman–Crippen MR) is 66.2 cm³/mol. The predicted octanol–water partition coefficient (Wildman–Crippen LogP) is 1.39. The third kappa shape index (κ3) is 3.38. The Morgan fingerprint density at radius 3 is 2.53 bits per heavy atom. The molecule has 1 fully saturated rings. The summed E-state index contributed by atoms with van der Waals surface area (Å²) in [5.41, 5.74) is 0. The molecule has 1 aliphatic carbocycles. The lowest BCUT2D eigenvalue weighted by Gasteiger charge is -2.28. The third-order valence-electron chi connectivity index (χ3n) is 3.32. The molecule has 1 amide bonds. The Balaban J connectivity index is 2.37. The zero-order chi connectivity index (χ0) is 11.3. The minimum absolute atomic E-state index is 0.0734. The van der Waals surface area contributed by atoms with Crippen LogP contribution in [-0.2, 0) is 4.79 Å². The van der Waals surface area contributed by atoms with E-state index in [2.05, 4.69) is 16.9 Å². The van der Waals surface area contributed by atoms with Crippen molar-refractivity contribution in [2.24, 2.45) is 0 Å². The largest absolute Gasteiger partial charge is 0.358 e. The van der Waals surface area contributed by atoms with E-state index in [-0.39, 0.29) is 11.9 Å². The van der Waals surface area contributed by atoms with Crippen LogP contribution in [0.1, 0.15) is 32.6 Å². The molecule has 0 spiro atoms. The van der Waals surface area contributed by atoms with Gasteiger partial charge in [-0.15, -0.1) is 0 Å². The zero-order valence-electron chi connectivity index (χ0n) is 9.93. The minimum Gasteiger partial charge on any atom is -0.358 e. The molecule has 4 heteroatoms. The topological polar surface area (TPSA) is 41.1 Å². The normalized spacial score (nSPS) is 21.3. The molecule has 1 aliphatic rings. The molecular weight excluding hydrogens is 208 g/mol. The highest BCUT2D eigenvalue weighted by molar-refractivity contribution is 8.00. The smallest absolute Gasteiger partial charge is 0.236 e. The van der Waals surface area contributed by atoms with Crippen molar-refractivity contribution >= 4 is 17.7 Å². The van der Waals surface area contributed by atoms with Crippen LogP contribution >= 0.6 is 11.8 Å². The minimum atomic E-state index is -0.0837. The average Bonchev–Trinajstić information content (AvgIpc) is 2.74. The van der Waals surface area contributed by atoms with Crippen LogP contribution in [0.25, 0.3) is 0 Å². The van der Waals surface area contributed by atoms with Crippen molar-refractivity contribution in [3.05, 3.63) is 0 Å². The summed E-state index contributed by atoms with van der Waals surface area (Å²) in [6, 6.07) is -0.0837. The maximum atomic E-state index is 11.3. The van der Waals surface area contributed by atoms with E-state index in [1.54, 1.807) is 7.05 Å². The van der Waals surface area contributed by atoms with Crippen LogP contribution in [0.4, 0.5) is 0 Å². The molecule has 15 heavy (non-hydrogen) atoms. The molecule has 0 aromatic carbocycles. The Labute approximate surface area is 96.8 Å². The number of hydrogen-bond donors (Lipinski definition) is 2. The van der Waals surface area contributed by atoms with E-state index in [4.69, 9.17) is 0 Å². The Kier molecular flexibility index (Phi) is 4.93. The summed E-state index contributed by atoms with van der Waals surface area (Å²) in [4.78, 5) is 11.3. The van der Waals surface area contributed by atoms with Gasteiger partial charge in [-0.2, -0.15) is 11.8 Å². The molecule has 3 nitrogen and oxygen atoms in total. The van der Waals surface area contributed by atoms with Crippen LogP contribution in [0.3, 0.4) is 0 Å². The second kappa shape index (κ2) is 5.75. The van der Waals surface area contributed by atoms with Crippen molar-refractivity contribution in [2.75, 3.05) is 19.8 Å². The number of likely N-dealkylation sites (N-methyl/N-ethyl adjacent to an activating group) is 1. The van der Waals surface area contributed by atoms with Crippen molar-refractivity contribution in [2.45, 2.75) is 43.4 Å². The van der Waals surface area contributed by atoms with Crippen molar-refractivity contribution in [3.8, 4) is 0 Å². The fourth-order valence-electron chi connectivity index (χ4n) is 2.12. The van der Waals surface area contributed by atoms with Gasteiger partial charge in [0.25, 0.3) is 0 Å². The van der Waals surface area contributed by atoms with Gasteiger partial charge >= 0.3 is 0 Å². The standard InChI is InChI=1S/C11H22N2OS/c1-9(10(14)12-2)13-8-11(15-3)6-4-5-7-11/h9,13H,4-8H2,1-3H3,(H,12,14). The van der Waals surface area contributed by atoms with Gasteiger partial charge in [0.15, 0.2) is 0 Å². The van der Waals surface area contributed by atoms with Gasteiger partial charge in [0.05, 0.1) is 6.04 Å². The maximum absolute atomic E-state index is 11.3. The number of hydrogen-bond acceptors (Lipinski definition) is 3. The molecule has 0 bridgehead atoms. The molecule has 1 unspecified atom stereocenters. The summed E-state index contributed by atoms with van der Waals surface area (Å²) < 4.78 is 0.377. The molecule has 2 N–H and O–H groups in total. The van der Waals surface area contributed by atoms with E-state index in [1.807, 2.05) is 18.7 Å². The van der Waals surface area contributed by atoms with Crippen LogP contribution < -0.4 is 10.6 Å². The molecule has 0 aromatic rings. The van der Waals surface area contributed by atoms with E-state index in [1.165, 1.54) is 25.7 Å². The highest BCUT2D eigenvalue weighted by Crippen LogP contribution is 2.39. The van der Waals surface area contributed by atoms with E-state index < -0.39 is 0 Å². The maximum Gasteiger partial charge on any atom is 0.236 e. The first-order chi connectivity index (χ1) is 7.13. The molecule has 1 saturated carbocycles. The van der Waals surface area contributed by atoms with Gasteiger partial charge in [-0.1, -0.05) is 12.8 Å². The lowest BCUT2D eigenvalue weighted by molar-refractivity contribution is -0.122. The number of nitrogens with one attached hydrogen (secondary N) is 2. The number of thioether (sulfide) groups is 1. The van der Waals surface area contributed by atoms with Gasteiger partial charge in [0, 0.05) is 18.3 Å². The molecule has 0 radical (unpaired) electrons. The molecule has 1 rings (SSSR count). The van der Waals surface area contributed by atoms with Gasteiger partial charge < -0.3 is 10.6 Å². The number of rotatable bonds is 5. The molecule has 0 aromatic heterocycles. The first-order valence-corrected chi connectivity index (χ1v) is 6.86. The number of carbonyl (C=O) groups excluding carboxylic acids is 1. The highest BCUT2D eigenvalue weighted by atomic mass is 32.2. The number of amides is 1. The van der Waals surface area contributed by atoms with Crippen molar-refractivity contribution < 1.29 is 4.79 Å². The van der Waals surface area contributed by atoms with Gasteiger partial charge in [0.2, 0.25) is 5.91 Å². The van der Waals surface area contributed by atoms with E-state index in [0.717, 1.165) is 6.54 Å². The van der Waals surface area contributed by atoms with Crippen LogP contribution in [-0.4, -0.2) is 36.5 Å². The van der Waals surface area contributed by atoms with E-state index >= 15 is 0 Å². The molecule has 0 heterocycles. The quantitative estimate of drug-likeness (QED) is 0.750. The molecule has 0 aliphatic heterocycles.